The highest BCUT2D eigenvalue weighted by Gasteiger charge is 2.17. The van der Waals surface area contributed by atoms with E-state index in [1.165, 1.54) is 5.56 Å². The molecule has 5 heteroatoms. The van der Waals surface area contributed by atoms with Gasteiger partial charge < -0.3 is 15.1 Å². The standard InChI is InChI=1S/C24H29N5/c1-28-15-17-29(18-16-28)23-19-22(25-14-8-11-20-9-4-2-5-10-20)26-24(27-23)21-12-6-3-7-13-21/h2-7,9-10,12-13,19H,8,11,14-18H2,1H3,(H,25,26,27). The predicted molar refractivity (Wildman–Crippen MR) is 120 cm³/mol. The number of hydrogen-bond acceptors (Lipinski definition) is 5. The van der Waals surface area contributed by atoms with Crippen LogP contribution < -0.4 is 10.2 Å². The van der Waals surface area contributed by atoms with Crippen molar-refractivity contribution in [2.24, 2.45) is 0 Å². The molecule has 2 heterocycles. The molecule has 3 aromatic rings. The van der Waals surface area contributed by atoms with Crippen LogP contribution in [0.25, 0.3) is 11.4 Å². The Hall–Kier alpha value is -2.92. The summed E-state index contributed by atoms with van der Waals surface area (Å²) < 4.78 is 0. The fourth-order valence-electron chi connectivity index (χ4n) is 3.59. The van der Waals surface area contributed by atoms with Gasteiger partial charge in [0.05, 0.1) is 0 Å². The van der Waals surface area contributed by atoms with E-state index in [-0.39, 0.29) is 0 Å². The van der Waals surface area contributed by atoms with Gasteiger partial charge in [0, 0.05) is 44.4 Å². The Kier molecular flexibility index (Phi) is 6.37. The number of benzene rings is 2. The number of likely N-dealkylation sites (N-methyl/N-ethyl adjacent to an activating group) is 1. The minimum absolute atomic E-state index is 0.785. The van der Waals surface area contributed by atoms with Crippen LogP contribution in [0.5, 0.6) is 0 Å². The van der Waals surface area contributed by atoms with Gasteiger partial charge in [-0.25, -0.2) is 9.97 Å². The van der Waals surface area contributed by atoms with Crippen molar-refractivity contribution in [3.8, 4) is 11.4 Å². The summed E-state index contributed by atoms with van der Waals surface area (Å²) in [5.41, 5.74) is 2.43. The van der Waals surface area contributed by atoms with Crippen LogP contribution in [0.2, 0.25) is 0 Å². The van der Waals surface area contributed by atoms with Crippen LogP contribution in [0.3, 0.4) is 0 Å². The molecule has 0 aliphatic carbocycles. The SMILES string of the molecule is CN1CCN(c2cc(NCCCc3ccccc3)nc(-c3ccccc3)n2)CC1. The summed E-state index contributed by atoms with van der Waals surface area (Å²) in [6.07, 6.45) is 2.13. The third kappa shape index (κ3) is 5.33. The van der Waals surface area contributed by atoms with E-state index in [0.29, 0.717) is 0 Å². The van der Waals surface area contributed by atoms with Gasteiger partial charge in [0.1, 0.15) is 11.6 Å². The lowest BCUT2D eigenvalue weighted by Crippen LogP contribution is -2.44. The Morgan fingerprint density at radius 2 is 1.55 bits per heavy atom. The monoisotopic (exact) mass is 387 g/mol. The molecule has 1 aliphatic heterocycles. The molecule has 29 heavy (non-hydrogen) atoms. The van der Waals surface area contributed by atoms with Crippen molar-refractivity contribution in [3.05, 3.63) is 72.3 Å². The molecule has 1 saturated heterocycles. The normalized spacial score (nSPS) is 14.7. The lowest BCUT2D eigenvalue weighted by molar-refractivity contribution is 0.312. The van der Waals surface area contributed by atoms with Crippen molar-refractivity contribution in [1.29, 1.82) is 0 Å². The highest BCUT2D eigenvalue weighted by molar-refractivity contribution is 5.61. The number of nitrogens with zero attached hydrogens (tertiary/aromatic N) is 4. The zero-order chi connectivity index (χ0) is 19.9. The predicted octanol–water partition coefficient (Wildman–Crippen LogP) is 3.94. The van der Waals surface area contributed by atoms with E-state index >= 15 is 0 Å². The average molecular weight is 388 g/mol. The summed E-state index contributed by atoms with van der Waals surface area (Å²) in [6.45, 7) is 5.00. The molecule has 1 fully saturated rings. The number of hydrogen-bond donors (Lipinski definition) is 1. The summed E-state index contributed by atoms with van der Waals surface area (Å²) in [5, 5.41) is 3.53. The maximum atomic E-state index is 4.88. The second-order valence-electron chi connectivity index (χ2n) is 7.61. The van der Waals surface area contributed by atoms with Gasteiger partial charge in [0.2, 0.25) is 0 Å². The molecule has 0 unspecified atom stereocenters. The maximum absolute atomic E-state index is 4.88. The van der Waals surface area contributed by atoms with Crippen LogP contribution in [0, 0.1) is 0 Å². The van der Waals surface area contributed by atoms with Crippen LogP contribution in [0.4, 0.5) is 11.6 Å². The Bertz CT molecular complexity index is 890. The van der Waals surface area contributed by atoms with Gasteiger partial charge in [-0.2, -0.15) is 0 Å². The molecule has 1 aromatic heterocycles. The van der Waals surface area contributed by atoms with E-state index in [1.807, 2.05) is 18.2 Å². The average Bonchev–Trinajstić information content (AvgIpc) is 2.78. The molecule has 0 atom stereocenters. The van der Waals surface area contributed by atoms with Gasteiger partial charge in [0.25, 0.3) is 0 Å². The number of aromatic nitrogens is 2. The van der Waals surface area contributed by atoms with E-state index in [4.69, 9.17) is 9.97 Å². The molecule has 0 saturated carbocycles. The summed E-state index contributed by atoms with van der Waals surface area (Å²) in [4.78, 5) is 14.4. The molecule has 0 radical (unpaired) electrons. The first-order valence-electron chi connectivity index (χ1n) is 10.4. The molecule has 1 aliphatic rings. The molecule has 1 N–H and O–H groups in total. The first-order valence-corrected chi connectivity index (χ1v) is 10.4. The van der Waals surface area contributed by atoms with Gasteiger partial charge in [-0.3, -0.25) is 0 Å². The minimum Gasteiger partial charge on any atom is -0.370 e. The van der Waals surface area contributed by atoms with Crippen molar-refractivity contribution >= 4 is 11.6 Å². The molecule has 0 bridgehead atoms. The molecule has 150 valence electrons. The molecule has 5 nitrogen and oxygen atoms in total. The van der Waals surface area contributed by atoms with E-state index in [2.05, 4.69) is 70.7 Å². The first kappa shape index (κ1) is 19.4. The summed E-state index contributed by atoms with van der Waals surface area (Å²) in [6, 6.07) is 23.0. The van der Waals surface area contributed by atoms with Gasteiger partial charge >= 0.3 is 0 Å². The van der Waals surface area contributed by atoms with Crippen molar-refractivity contribution in [2.45, 2.75) is 12.8 Å². The maximum Gasteiger partial charge on any atom is 0.163 e. The fraction of sp³-hybridized carbons (Fsp3) is 0.333. The minimum atomic E-state index is 0.785. The number of piperazine rings is 1. The Labute approximate surface area is 173 Å². The Balaban J connectivity index is 1.48. The highest BCUT2D eigenvalue weighted by atomic mass is 15.3. The molecular weight excluding hydrogens is 358 g/mol. The second-order valence-corrected chi connectivity index (χ2v) is 7.61. The number of rotatable bonds is 7. The lowest BCUT2D eigenvalue weighted by Gasteiger charge is -2.33. The largest absolute Gasteiger partial charge is 0.370 e. The van der Waals surface area contributed by atoms with E-state index < -0.39 is 0 Å². The third-order valence-electron chi connectivity index (χ3n) is 5.36. The first-order chi connectivity index (χ1) is 14.3. The summed E-state index contributed by atoms with van der Waals surface area (Å²) in [5.74, 6) is 2.70. The molecular formula is C24H29N5. The van der Waals surface area contributed by atoms with Crippen LogP contribution in [-0.2, 0) is 6.42 Å². The van der Waals surface area contributed by atoms with E-state index in [1.54, 1.807) is 0 Å². The van der Waals surface area contributed by atoms with E-state index in [9.17, 15) is 0 Å². The molecule has 0 spiro atoms. The number of aryl methyl sites for hydroxylation is 1. The van der Waals surface area contributed by atoms with Crippen LogP contribution in [0.15, 0.2) is 66.7 Å². The van der Waals surface area contributed by atoms with Crippen molar-refractivity contribution in [1.82, 2.24) is 14.9 Å². The Morgan fingerprint density at radius 1 is 0.862 bits per heavy atom. The molecule has 0 amide bonds. The van der Waals surface area contributed by atoms with Crippen LogP contribution >= 0.6 is 0 Å². The number of nitrogens with one attached hydrogen (secondary N) is 1. The van der Waals surface area contributed by atoms with Crippen molar-refractivity contribution < 1.29 is 0 Å². The second kappa shape index (κ2) is 9.52. The van der Waals surface area contributed by atoms with Crippen LogP contribution in [-0.4, -0.2) is 54.6 Å². The summed E-state index contributed by atoms with van der Waals surface area (Å²) >= 11 is 0. The fourth-order valence-corrected chi connectivity index (χ4v) is 3.59. The van der Waals surface area contributed by atoms with Crippen LogP contribution in [0.1, 0.15) is 12.0 Å². The van der Waals surface area contributed by atoms with Crippen molar-refractivity contribution in [2.75, 3.05) is 50.0 Å². The molecule has 4 rings (SSSR count). The molecule has 2 aromatic carbocycles. The summed E-state index contributed by atoms with van der Waals surface area (Å²) in [7, 11) is 2.17. The van der Waals surface area contributed by atoms with Gasteiger partial charge in [-0.05, 0) is 25.5 Å². The van der Waals surface area contributed by atoms with Crippen molar-refractivity contribution in [3.63, 3.8) is 0 Å². The zero-order valence-corrected chi connectivity index (χ0v) is 17.1. The highest BCUT2D eigenvalue weighted by Crippen LogP contribution is 2.23. The topological polar surface area (TPSA) is 44.3 Å². The third-order valence-corrected chi connectivity index (χ3v) is 5.36. The van der Waals surface area contributed by atoms with Gasteiger partial charge in [-0.1, -0.05) is 60.7 Å². The van der Waals surface area contributed by atoms with Gasteiger partial charge in [0.15, 0.2) is 5.82 Å². The smallest absolute Gasteiger partial charge is 0.163 e. The lowest BCUT2D eigenvalue weighted by atomic mass is 10.1. The van der Waals surface area contributed by atoms with Gasteiger partial charge in [-0.15, -0.1) is 0 Å². The van der Waals surface area contributed by atoms with E-state index in [0.717, 1.165) is 68.6 Å². The quantitative estimate of drug-likeness (QED) is 0.622. The number of anilines is 2. The Morgan fingerprint density at radius 3 is 2.28 bits per heavy atom. The zero-order valence-electron chi connectivity index (χ0n) is 17.1.